The Balaban J connectivity index is 1.59. The van der Waals surface area contributed by atoms with E-state index in [1.165, 1.54) is 4.52 Å². The normalized spacial score (nSPS) is 17.2. The number of carbonyl (C=O) groups is 2. The number of aromatic nitrogens is 4. The predicted molar refractivity (Wildman–Crippen MR) is 104 cm³/mol. The molecule has 30 heavy (non-hydrogen) atoms. The van der Waals surface area contributed by atoms with Gasteiger partial charge in [-0.05, 0) is 31.1 Å². The Hall–Kier alpha value is -4.26. The molecule has 2 N–H and O–H groups in total. The summed E-state index contributed by atoms with van der Waals surface area (Å²) < 4.78 is 7.33. The van der Waals surface area contributed by atoms with E-state index in [0.29, 0.717) is 40.1 Å². The predicted octanol–water partition coefficient (Wildman–Crippen LogP) is 1.79. The number of nitrogens with one attached hydrogen (secondary N) is 2. The molecule has 148 valence electrons. The van der Waals surface area contributed by atoms with Gasteiger partial charge in [0.05, 0.1) is 18.2 Å². The molecule has 0 radical (unpaired) electrons. The second kappa shape index (κ2) is 6.97. The molecule has 0 spiro atoms. The third kappa shape index (κ3) is 3.33. The van der Waals surface area contributed by atoms with Gasteiger partial charge in [-0.25, -0.2) is 0 Å². The van der Waals surface area contributed by atoms with E-state index < -0.39 is 5.91 Å². The van der Waals surface area contributed by atoms with Crippen molar-refractivity contribution in [3.63, 3.8) is 0 Å². The van der Waals surface area contributed by atoms with Crippen molar-refractivity contribution in [2.75, 3.05) is 5.32 Å². The Morgan fingerprint density at radius 1 is 1.27 bits per heavy atom. The number of benzene rings is 1. The molecule has 1 saturated carbocycles. The SMILES string of the molecule is N#Cc1ccccc1Oc1nc(NC2CC2)n2ncc(/C=C3\CC(=O)NC3=O)c2n1. The average molecular weight is 401 g/mol. The average Bonchev–Trinajstić information content (AvgIpc) is 3.37. The van der Waals surface area contributed by atoms with Crippen molar-refractivity contribution in [3.8, 4) is 17.8 Å². The molecule has 0 bridgehead atoms. The molecule has 0 atom stereocenters. The first-order valence-electron chi connectivity index (χ1n) is 9.35. The number of anilines is 1. The maximum Gasteiger partial charge on any atom is 0.327 e. The highest BCUT2D eigenvalue weighted by molar-refractivity contribution is 6.15. The number of hydrogen-bond acceptors (Lipinski definition) is 8. The Morgan fingerprint density at radius 3 is 2.83 bits per heavy atom. The number of ether oxygens (including phenoxy) is 1. The summed E-state index contributed by atoms with van der Waals surface area (Å²) in [6, 6.07) is 9.21. The van der Waals surface area contributed by atoms with Crippen LogP contribution in [0.4, 0.5) is 5.95 Å². The van der Waals surface area contributed by atoms with E-state index in [2.05, 4.69) is 31.8 Å². The molecule has 2 aromatic heterocycles. The molecule has 1 aromatic carbocycles. The van der Waals surface area contributed by atoms with Crippen molar-refractivity contribution in [1.29, 1.82) is 5.26 Å². The van der Waals surface area contributed by atoms with Crippen molar-refractivity contribution < 1.29 is 14.3 Å². The number of imide groups is 1. The van der Waals surface area contributed by atoms with Gasteiger partial charge in [0.1, 0.15) is 11.8 Å². The van der Waals surface area contributed by atoms with E-state index in [9.17, 15) is 14.9 Å². The number of rotatable bonds is 5. The Kier molecular flexibility index (Phi) is 4.14. The highest BCUT2D eigenvalue weighted by Gasteiger charge is 2.26. The molecule has 3 heterocycles. The van der Waals surface area contributed by atoms with Crippen molar-refractivity contribution >= 4 is 29.5 Å². The lowest BCUT2D eigenvalue weighted by molar-refractivity contribution is -0.124. The number of carbonyl (C=O) groups excluding carboxylic acids is 2. The second-order valence-electron chi connectivity index (χ2n) is 7.02. The Bertz CT molecular complexity index is 1270. The fourth-order valence-corrected chi connectivity index (χ4v) is 3.08. The van der Waals surface area contributed by atoms with E-state index in [0.717, 1.165) is 12.8 Å². The number of fused-ring (bicyclic) bond motifs is 1. The monoisotopic (exact) mass is 401 g/mol. The van der Waals surface area contributed by atoms with E-state index >= 15 is 0 Å². The standard InChI is InChI=1S/C20H15N7O3/c21-9-11-3-1-2-4-15(11)30-20-25-17-13(7-12-8-16(28)24-18(12)29)10-22-27(17)19(26-20)23-14-5-6-14/h1-4,7,10,14H,5-6,8H2,(H,23,25,26)(H,24,28,29)/b12-7+. The molecule has 2 aliphatic rings. The van der Waals surface area contributed by atoms with Crippen molar-refractivity contribution in [2.24, 2.45) is 0 Å². The summed E-state index contributed by atoms with van der Waals surface area (Å²) in [4.78, 5) is 32.3. The summed E-state index contributed by atoms with van der Waals surface area (Å²) in [7, 11) is 0. The van der Waals surface area contributed by atoms with Gasteiger partial charge in [0.25, 0.3) is 5.91 Å². The maximum absolute atomic E-state index is 11.9. The largest absolute Gasteiger partial charge is 0.423 e. The van der Waals surface area contributed by atoms with Crippen molar-refractivity contribution in [2.45, 2.75) is 25.3 Å². The van der Waals surface area contributed by atoms with Gasteiger partial charge in [0.2, 0.25) is 11.9 Å². The minimum atomic E-state index is -0.427. The van der Waals surface area contributed by atoms with E-state index in [1.807, 2.05) is 0 Å². The van der Waals surface area contributed by atoms with Gasteiger partial charge >= 0.3 is 6.01 Å². The molecule has 1 aliphatic carbocycles. The zero-order chi connectivity index (χ0) is 20.7. The first-order valence-corrected chi connectivity index (χ1v) is 9.35. The minimum absolute atomic E-state index is 0.00728. The molecule has 3 aromatic rings. The smallest absolute Gasteiger partial charge is 0.327 e. The van der Waals surface area contributed by atoms with Gasteiger partial charge in [-0.2, -0.15) is 24.8 Å². The molecule has 2 amide bonds. The van der Waals surface area contributed by atoms with Crippen LogP contribution in [0.25, 0.3) is 11.7 Å². The maximum atomic E-state index is 11.9. The topological polar surface area (TPSA) is 134 Å². The number of nitriles is 1. The van der Waals surface area contributed by atoms with E-state index in [4.69, 9.17) is 4.74 Å². The fraction of sp³-hybridized carbons (Fsp3) is 0.200. The molecular weight excluding hydrogens is 386 g/mol. The van der Waals surface area contributed by atoms with Crippen molar-refractivity contribution in [3.05, 3.63) is 47.2 Å². The second-order valence-corrected chi connectivity index (χ2v) is 7.02. The quantitative estimate of drug-likeness (QED) is 0.488. The van der Waals surface area contributed by atoms with Crippen LogP contribution < -0.4 is 15.4 Å². The van der Waals surface area contributed by atoms with Gasteiger partial charge < -0.3 is 10.1 Å². The summed E-state index contributed by atoms with van der Waals surface area (Å²) >= 11 is 0. The number of para-hydroxylation sites is 1. The summed E-state index contributed by atoms with van der Waals surface area (Å²) in [6.07, 6.45) is 5.20. The fourth-order valence-electron chi connectivity index (χ4n) is 3.08. The molecule has 1 aliphatic heterocycles. The highest BCUT2D eigenvalue weighted by Crippen LogP contribution is 2.28. The molecule has 10 nitrogen and oxygen atoms in total. The van der Waals surface area contributed by atoms with Crippen LogP contribution in [0.5, 0.6) is 11.8 Å². The minimum Gasteiger partial charge on any atom is -0.423 e. The summed E-state index contributed by atoms with van der Waals surface area (Å²) in [6.45, 7) is 0. The van der Waals surface area contributed by atoms with Crippen LogP contribution >= 0.6 is 0 Å². The third-order valence-electron chi connectivity index (χ3n) is 4.72. The summed E-state index contributed by atoms with van der Waals surface area (Å²) in [5, 5.41) is 19.2. The van der Waals surface area contributed by atoms with Crippen LogP contribution in [0.1, 0.15) is 30.4 Å². The zero-order valence-corrected chi connectivity index (χ0v) is 15.6. The van der Waals surface area contributed by atoms with Crippen molar-refractivity contribution in [1.82, 2.24) is 24.9 Å². The van der Waals surface area contributed by atoms with Crippen LogP contribution in [0.15, 0.2) is 36.0 Å². The highest BCUT2D eigenvalue weighted by atomic mass is 16.5. The van der Waals surface area contributed by atoms with Gasteiger partial charge in [0.15, 0.2) is 5.65 Å². The number of hydrogen-bond donors (Lipinski definition) is 2. The van der Waals surface area contributed by atoms with Crippen LogP contribution in [0.2, 0.25) is 0 Å². The van der Waals surface area contributed by atoms with Crippen LogP contribution in [0, 0.1) is 11.3 Å². The third-order valence-corrected chi connectivity index (χ3v) is 4.72. The van der Waals surface area contributed by atoms with Crippen LogP contribution in [-0.2, 0) is 9.59 Å². The van der Waals surface area contributed by atoms with Crippen LogP contribution in [0.3, 0.4) is 0 Å². The van der Waals surface area contributed by atoms with Gasteiger partial charge in [-0.1, -0.05) is 12.1 Å². The summed E-state index contributed by atoms with van der Waals surface area (Å²) in [5.41, 5.74) is 1.66. The Labute approximate surface area is 170 Å². The lowest BCUT2D eigenvalue weighted by atomic mass is 10.1. The molecule has 10 heteroatoms. The van der Waals surface area contributed by atoms with Gasteiger partial charge in [-0.3, -0.25) is 14.9 Å². The molecule has 0 unspecified atom stereocenters. The number of amides is 2. The molecule has 2 fully saturated rings. The Morgan fingerprint density at radius 2 is 2.10 bits per heavy atom. The molecule has 5 rings (SSSR count). The lowest BCUT2D eigenvalue weighted by Crippen LogP contribution is -2.19. The van der Waals surface area contributed by atoms with E-state index in [-0.39, 0.29) is 18.3 Å². The first kappa shape index (κ1) is 17.8. The molecule has 1 saturated heterocycles. The van der Waals surface area contributed by atoms with E-state index in [1.54, 1.807) is 36.5 Å². The molecular formula is C20H15N7O3. The summed E-state index contributed by atoms with van der Waals surface area (Å²) in [5.74, 6) is 0.0141. The lowest BCUT2D eigenvalue weighted by Gasteiger charge is -2.10. The number of nitrogens with zero attached hydrogens (tertiary/aromatic N) is 5. The zero-order valence-electron chi connectivity index (χ0n) is 15.6. The van der Waals surface area contributed by atoms with Crippen LogP contribution in [-0.4, -0.2) is 37.4 Å². The first-order chi connectivity index (χ1) is 14.6. The van der Waals surface area contributed by atoms with Gasteiger partial charge in [0, 0.05) is 17.2 Å². The van der Waals surface area contributed by atoms with Gasteiger partial charge in [-0.15, -0.1) is 0 Å².